The van der Waals surface area contributed by atoms with Gasteiger partial charge in [-0.3, -0.25) is 11.7 Å². The van der Waals surface area contributed by atoms with Crippen LogP contribution in [-0.2, 0) is 0 Å². The molecular weight excluding hydrogens is 288 g/mol. The Morgan fingerprint density at radius 1 is 0.609 bits per heavy atom. The predicted molar refractivity (Wildman–Crippen MR) is 96.6 cm³/mol. The zero-order chi connectivity index (χ0) is 17.1. The van der Waals surface area contributed by atoms with E-state index in [2.05, 4.69) is 23.9 Å². The Hall–Kier alpha value is -0.240. The molecule has 4 aliphatic rings. The highest BCUT2D eigenvalue weighted by Gasteiger charge is 2.45. The first kappa shape index (κ1) is 19.1. The van der Waals surface area contributed by atoms with Crippen LogP contribution in [0.2, 0.25) is 0 Å². The van der Waals surface area contributed by atoms with E-state index in [1.165, 1.54) is 45.4 Å². The summed E-state index contributed by atoms with van der Waals surface area (Å²) in [5.74, 6) is 11.3. The number of nitrogens with two attached hydrogens (primary N) is 2. The average Bonchev–Trinajstić information content (AvgIpc) is 3.15. The van der Waals surface area contributed by atoms with Crippen molar-refractivity contribution in [2.75, 3.05) is 66.5 Å². The fourth-order valence-corrected chi connectivity index (χ4v) is 4.69. The Labute approximate surface area is 142 Å². The summed E-state index contributed by atoms with van der Waals surface area (Å²) in [6, 6.07) is 0. The van der Waals surface area contributed by atoms with Crippen molar-refractivity contribution in [3.63, 3.8) is 0 Å². The van der Waals surface area contributed by atoms with Gasteiger partial charge in [-0.25, -0.2) is 10.0 Å². The van der Waals surface area contributed by atoms with Gasteiger partial charge in [-0.1, -0.05) is 13.8 Å². The quantitative estimate of drug-likeness (QED) is 0.629. The highest BCUT2D eigenvalue weighted by molar-refractivity contribution is 4.98. The summed E-state index contributed by atoms with van der Waals surface area (Å²) in [6.07, 6.45) is 3.99. The first-order valence-corrected chi connectivity index (χ1v) is 9.27. The Morgan fingerprint density at radius 2 is 1.04 bits per heavy atom. The molecule has 6 heteroatoms. The summed E-state index contributed by atoms with van der Waals surface area (Å²) in [4.78, 5) is 4.81. The van der Waals surface area contributed by atoms with E-state index in [9.17, 15) is 0 Å². The molecule has 136 valence electrons. The molecule has 0 saturated carbocycles. The molecule has 4 aliphatic heterocycles. The second-order valence-corrected chi connectivity index (χ2v) is 8.10. The van der Waals surface area contributed by atoms with Crippen LogP contribution in [0.4, 0.5) is 0 Å². The van der Waals surface area contributed by atoms with Gasteiger partial charge >= 0.3 is 0 Å². The molecule has 0 aromatic rings. The van der Waals surface area contributed by atoms with Gasteiger partial charge in [0.2, 0.25) is 0 Å². The van der Waals surface area contributed by atoms with Crippen LogP contribution < -0.4 is 11.7 Å². The van der Waals surface area contributed by atoms with E-state index in [0.29, 0.717) is 10.8 Å². The molecule has 2 spiro atoms. The molecule has 1 unspecified atom stereocenters. The van der Waals surface area contributed by atoms with Gasteiger partial charge in [0.25, 0.3) is 0 Å². The first-order valence-electron chi connectivity index (χ1n) is 9.27. The van der Waals surface area contributed by atoms with Crippen molar-refractivity contribution >= 4 is 0 Å². The average molecular weight is 327 g/mol. The van der Waals surface area contributed by atoms with Gasteiger partial charge < -0.3 is 9.80 Å². The van der Waals surface area contributed by atoms with Gasteiger partial charge in [-0.2, -0.15) is 0 Å². The summed E-state index contributed by atoms with van der Waals surface area (Å²) in [5.41, 5.74) is 1.15. The minimum atomic E-state index is 0.559. The van der Waals surface area contributed by atoms with Crippen molar-refractivity contribution in [2.24, 2.45) is 22.5 Å². The topological polar surface area (TPSA) is 65.0 Å². The van der Waals surface area contributed by atoms with Crippen LogP contribution >= 0.6 is 0 Å². The van der Waals surface area contributed by atoms with E-state index in [1.54, 1.807) is 0 Å². The molecule has 4 heterocycles. The van der Waals surface area contributed by atoms with Crippen LogP contribution in [0.15, 0.2) is 0 Å². The molecule has 0 bridgehead atoms. The number of likely N-dealkylation sites (tertiary alicyclic amines) is 2. The number of hydrazine groups is 2. The van der Waals surface area contributed by atoms with E-state index in [0.717, 1.165) is 26.2 Å². The van der Waals surface area contributed by atoms with Crippen LogP contribution in [0.5, 0.6) is 0 Å². The number of rotatable bonds is 0. The highest BCUT2D eigenvalue weighted by Crippen LogP contribution is 2.38. The monoisotopic (exact) mass is 326 g/mol. The smallest absolute Gasteiger partial charge is 0.0211 e. The maximum Gasteiger partial charge on any atom is 0.0211 e. The van der Waals surface area contributed by atoms with Crippen molar-refractivity contribution in [1.29, 1.82) is 0 Å². The Balaban J connectivity index is 0.000000152. The third-order valence-electron chi connectivity index (χ3n) is 5.80. The SMILES string of the molecule is CC.CN1CCC2(C1)CN(N)C2.CN1CCC2(CCN(N)C2)C1. The summed E-state index contributed by atoms with van der Waals surface area (Å²) >= 11 is 0. The molecule has 4 saturated heterocycles. The molecule has 0 aromatic heterocycles. The van der Waals surface area contributed by atoms with Gasteiger partial charge in [0.15, 0.2) is 0 Å². The molecule has 0 radical (unpaired) electrons. The minimum Gasteiger partial charge on any atom is -0.306 e. The van der Waals surface area contributed by atoms with E-state index in [1.807, 2.05) is 23.9 Å². The van der Waals surface area contributed by atoms with Gasteiger partial charge in [-0.05, 0) is 51.9 Å². The first-order chi connectivity index (χ1) is 10.9. The molecule has 4 N–H and O–H groups in total. The maximum absolute atomic E-state index is 5.75. The van der Waals surface area contributed by atoms with Gasteiger partial charge in [0, 0.05) is 44.7 Å². The summed E-state index contributed by atoms with van der Waals surface area (Å²) in [6.45, 7) is 13.4. The van der Waals surface area contributed by atoms with E-state index in [4.69, 9.17) is 11.7 Å². The fourth-order valence-electron chi connectivity index (χ4n) is 4.69. The lowest BCUT2D eigenvalue weighted by Gasteiger charge is -2.45. The van der Waals surface area contributed by atoms with E-state index < -0.39 is 0 Å². The summed E-state index contributed by atoms with van der Waals surface area (Å²) < 4.78 is 0. The second kappa shape index (κ2) is 7.76. The van der Waals surface area contributed by atoms with Crippen molar-refractivity contribution < 1.29 is 0 Å². The van der Waals surface area contributed by atoms with Crippen molar-refractivity contribution in [3.05, 3.63) is 0 Å². The zero-order valence-corrected chi connectivity index (χ0v) is 15.7. The van der Waals surface area contributed by atoms with Crippen LogP contribution in [0.1, 0.15) is 33.1 Å². The normalized spacial score (nSPS) is 34.2. The van der Waals surface area contributed by atoms with Crippen LogP contribution in [-0.4, -0.2) is 86.3 Å². The van der Waals surface area contributed by atoms with E-state index >= 15 is 0 Å². The number of hydrogen-bond donors (Lipinski definition) is 2. The summed E-state index contributed by atoms with van der Waals surface area (Å²) in [7, 11) is 4.39. The molecule has 23 heavy (non-hydrogen) atoms. The Kier molecular flexibility index (Phi) is 6.44. The minimum absolute atomic E-state index is 0.559. The molecule has 6 nitrogen and oxygen atoms in total. The van der Waals surface area contributed by atoms with E-state index in [-0.39, 0.29) is 0 Å². The molecule has 4 rings (SSSR count). The number of nitrogens with zero attached hydrogens (tertiary/aromatic N) is 4. The van der Waals surface area contributed by atoms with Crippen LogP contribution in [0, 0.1) is 10.8 Å². The predicted octanol–water partition coefficient (Wildman–Crippen LogP) is 0.412. The standard InChI is InChI=1S/C8H17N3.C7H15N3.C2H6/c1-10-4-2-8(6-10)3-5-11(9)7-8;1-9-3-2-7(4-9)5-10(8)6-7;1-2/h2-7,9H2,1H3;2-6,8H2,1H3;1-2H3. The number of hydrogen-bond acceptors (Lipinski definition) is 6. The molecule has 1 atom stereocenters. The van der Waals surface area contributed by atoms with Crippen molar-refractivity contribution in [3.8, 4) is 0 Å². The third kappa shape index (κ3) is 4.65. The van der Waals surface area contributed by atoms with Gasteiger partial charge in [-0.15, -0.1) is 0 Å². The molecule has 0 amide bonds. The summed E-state index contributed by atoms with van der Waals surface area (Å²) in [5, 5.41) is 3.89. The van der Waals surface area contributed by atoms with Crippen LogP contribution in [0.3, 0.4) is 0 Å². The Morgan fingerprint density at radius 3 is 1.39 bits per heavy atom. The van der Waals surface area contributed by atoms with Crippen LogP contribution in [0.25, 0.3) is 0 Å². The van der Waals surface area contributed by atoms with Gasteiger partial charge in [0.1, 0.15) is 0 Å². The van der Waals surface area contributed by atoms with Gasteiger partial charge in [0.05, 0.1) is 0 Å². The lowest BCUT2D eigenvalue weighted by Crippen LogP contribution is -2.60. The molecule has 4 fully saturated rings. The molecule has 0 aromatic carbocycles. The zero-order valence-electron chi connectivity index (χ0n) is 15.7. The highest BCUT2D eigenvalue weighted by atomic mass is 15.5. The lowest BCUT2D eigenvalue weighted by molar-refractivity contribution is 0.00981. The second-order valence-electron chi connectivity index (χ2n) is 8.10. The lowest BCUT2D eigenvalue weighted by atomic mass is 9.80. The third-order valence-corrected chi connectivity index (χ3v) is 5.80. The maximum atomic E-state index is 5.75. The van der Waals surface area contributed by atoms with Crippen molar-refractivity contribution in [2.45, 2.75) is 33.1 Å². The molecule has 0 aliphatic carbocycles. The largest absolute Gasteiger partial charge is 0.306 e. The Bertz CT molecular complexity index is 345. The van der Waals surface area contributed by atoms with Crippen molar-refractivity contribution in [1.82, 2.24) is 19.8 Å². The molecular formula is C17H38N6. The fraction of sp³-hybridized carbons (Fsp3) is 1.00.